The first kappa shape index (κ1) is 12.2. The lowest BCUT2D eigenvalue weighted by molar-refractivity contribution is -0.132. The van der Waals surface area contributed by atoms with Crippen molar-refractivity contribution in [1.82, 2.24) is 14.9 Å². The number of para-hydroxylation sites is 2. The van der Waals surface area contributed by atoms with E-state index < -0.39 is 0 Å². The fraction of sp³-hybridized carbons (Fsp3) is 0.467. The zero-order chi connectivity index (χ0) is 13.6. The second-order valence-electron chi connectivity index (χ2n) is 6.14. The van der Waals surface area contributed by atoms with E-state index in [1.54, 1.807) is 4.90 Å². The molecule has 0 bridgehead atoms. The van der Waals surface area contributed by atoms with E-state index in [1.165, 1.54) is 0 Å². The molecule has 1 fully saturated rings. The smallest absolute Gasteiger partial charge is 0.226 e. The van der Waals surface area contributed by atoms with Gasteiger partial charge in [-0.15, -0.1) is 0 Å². The predicted molar refractivity (Wildman–Crippen MR) is 74.5 cm³/mol. The van der Waals surface area contributed by atoms with Crippen molar-refractivity contribution in [2.24, 2.45) is 11.3 Å². The Morgan fingerprint density at radius 1 is 1.47 bits per heavy atom. The van der Waals surface area contributed by atoms with E-state index in [9.17, 15) is 4.79 Å². The van der Waals surface area contributed by atoms with Gasteiger partial charge in [0, 0.05) is 13.0 Å². The quantitative estimate of drug-likeness (QED) is 0.918. The van der Waals surface area contributed by atoms with Gasteiger partial charge < -0.3 is 9.88 Å². The summed E-state index contributed by atoms with van der Waals surface area (Å²) in [7, 11) is 1.85. The van der Waals surface area contributed by atoms with Crippen LogP contribution in [0.15, 0.2) is 24.3 Å². The molecule has 1 aromatic carbocycles. The Bertz CT molecular complexity index is 596. The van der Waals surface area contributed by atoms with Gasteiger partial charge in [-0.05, 0) is 24.0 Å². The fourth-order valence-corrected chi connectivity index (χ4v) is 2.54. The zero-order valence-corrected chi connectivity index (χ0v) is 11.6. The molecule has 1 amide bonds. The zero-order valence-electron chi connectivity index (χ0n) is 11.6. The molecule has 1 aliphatic rings. The summed E-state index contributed by atoms with van der Waals surface area (Å²) in [5.74, 6) is 1.25. The number of aromatic nitrogens is 2. The SMILES string of the molecule is CN(Cc1nc2ccccc2[nH]1)C(=O)C1CC1(C)C. The Labute approximate surface area is 112 Å². The van der Waals surface area contributed by atoms with E-state index in [0.29, 0.717) is 6.54 Å². The Balaban J connectivity index is 1.72. The maximum atomic E-state index is 12.2. The number of benzene rings is 1. The highest BCUT2D eigenvalue weighted by atomic mass is 16.2. The second-order valence-corrected chi connectivity index (χ2v) is 6.14. The molecule has 0 saturated heterocycles. The molecule has 2 aromatic rings. The first-order chi connectivity index (χ1) is 8.97. The lowest BCUT2D eigenvalue weighted by Crippen LogP contribution is -2.29. The topological polar surface area (TPSA) is 49.0 Å². The van der Waals surface area contributed by atoms with Crippen molar-refractivity contribution >= 4 is 16.9 Å². The summed E-state index contributed by atoms with van der Waals surface area (Å²) in [6.07, 6.45) is 0.996. The number of carbonyl (C=O) groups excluding carboxylic acids is 1. The van der Waals surface area contributed by atoms with Crippen molar-refractivity contribution in [3.63, 3.8) is 0 Å². The van der Waals surface area contributed by atoms with Crippen LogP contribution in [0.2, 0.25) is 0 Å². The highest BCUT2D eigenvalue weighted by Gasteiger charge is 2.51. The third-order valence-corrected chi connectivity index (χ3v) is 4.01. The number of aromatic amines is 1. The molecule has 0 aliphatic heterocycles. The minimum atomic E-state index is 0.180. The maximum absolute atomic E-state index is 12.2. The van der Waals surface area contributed by atoms with Gasteiger partial charge in [-0.3, -0.25) is 4.79 Å². The van der Waals surface area contributed by atoms with Crippen LogP contribution in [-0.4, -0.2) is 27.8 Å². The number of fused-ring (bicyclic) bond motifs is 1. The number of amides is 1. The van der Waals surface area contributed by atoms with E-state index in [2.05, 4.69) is 23.8 Å². The van der Waals surface area contributed by atoms with Crippen LogP contribution in [0, 0.1) is 11.3 Å². The van der Waals surface area contributed by atoms with Gasteiger partial charge in [0.15, 0.2) is 0 Å². The van der Waals surface area contributed by atoms with E-state index >= 15 is 0 Å². The third-order valence-electron chi connectivity index (χ3n) is 4.01. The first-order valence-electron chi connectivity index (χ1n) is 6.66. The normalized spacial score (nSPS) is 20.5. The molecule has 0 radical (unpaired) electrons. The summed E-state index contributed by atoms with van der Waals surface area (Å²) >= 11 is 0. The van der Waals surface area contributed by atoms with E-state index in [0.717, 1.165) is 23.3 Å². The van der Waals surface area contributed by atoms with Gasteiger partial charge in [0.1, 0.15) is 5.82 Å². The van der Waals surface area contributed by atoms with Gasteiger partial charge >= 0.3 is 0 Å². The Kier molecular flexibility index (Phi) is 2.62. The van der Waals surface area contributed by atoms with Crippen LogP contribution < -0.4 is 0 Å². The van der Waals surface area contributed by atoms with Crippen molar-refractivity contribution in [2.75, 3.05) is 7.05 Å². The van der Waals surface area contributed by atoms with Gasteiger partial charge in [0.2, 0.25) is 5.91 Å². The fourth-order valence-electron chi connectivity index (χ4n) is 2.54. The number of rotatable bonds is 3. The van der Waals surface area contributed by atoms with Crippen LogP contribution in [0.25, 0.3) is 11.0 Å². The van der Waals surface area contributed by atoms with Crippen LogP contribution >= 0.6 is 0 Å². The average molecular weight is 257 g/mol. The van der Waals surface area contributed by atoms with Crippen molar-refractivity contribution in [3.8, 4) is 0 Å². The summed E-state index contributed by atoms with van der Waals surface area (Å²) in [4.78, 5) is 21.8. The van der Waals surface area contributed by atoms with Crippen LogP contribution in [-0.2, 0) is 11.3 Å². The molecule has 3 rings (SSSR count). The Morgan fingerprint density at radius 3 is 2.79 bits per heavy atom. The molecular weight excluding hydrogens is 238 g/mol. The number of hydrogen-bond acceptors (Lipinski definition) is 2. The molecule has 1 aromatic heterocycles. The third kappa shape index (κ3) is 2.23. The predicted octanol–water partition coefficient (Wildman–Crippen LogP) is 2.57. The molecule has 0 spiro atoms. The average Bonchev–Trinajstić information content (AvgIpc) is 2.83. The summed E-state index contributed by atoms with van der Waals surface area (Å²) in [5, 5.41) is 0. The standard InChI is InChI=1S/C15H19N3O/c1-15(2)8-10(15)14(19)18(3)9-13-16-11-6-4-5-7-12(11)17-13/h4-7,10H,8-9H2,1-3H3,(H,16,17). The van der Waals surface area contributed by atoms with Crippen LogP contribution in [0.3, 0.4) is 0 Å². The van der Waals surface area contributed by atoms with Gasteiger partial charge in [-0.1, -0.05) is 26.0 Å². The number of nitrogens with one attached hydrogen (secondary N) is 1. The van der Waals surface area contributed by atoms with E-state index in [4.69, 9.17) is 0 Å². The van der Waals surface area contributed by atoms with Gasteiger partial charge in [-0.25, -0.2) is 4.98 Å². The van der Waals surface area contributed by atoms with E-state index in [-0.39, 0.29) is 17.2 Å². The molecular formula is C15H19N3O. The summed E-state index contributed by atoms with van der Waals surface area (Å²) in [5.41, 5.74) is 2.15. The largest absolute Gasteiger partial charge is 0.340 e. The van der Waals surface area contributed by atoms with Gasteiger partial charge in [-0.2, -0.15) is 0 Å². The first-order valence-corrected chi connectivity index (χ1v) is 6.66. The molecule has 4 heteroatoms. The monoisotopic (exact) mass is 257 g/mol. The highest BCUT2D eigenvalue weighted by Crippen LogP contribution is 2.52. The lowest BCUT2D eigenvalue weighted by Gasteiger charge is -2.16. The molecule has 19 heavy (non-hydrogen) atoms. The van der Waals surface area contributed by atoms with E-state index in [1.807, 2.05) is 31.3 Å². The van der Waals surface area contributed by atoms with Gasteiger partial charge in [0.25, 0.3) is 0 Å². The molecule has 4 nitrogen and oxygen atoms in total. The number of H-pyrrole nitrogens is 1. The molecule has 100 valence electrons. The summed E-state index contributed by atoms with van der Waals surface area (Å²) in [6, 6.07) is 7.92. The minimum absolute atomic E-state index is 0.180. The maximum Gasteiger partial charge on any atom is 0.226 e. The number of nitrogens with zero attached hydrogens (tertiary/aromatic N) is 2. The molecule has 1 unspecified atom stereocenters. The molecule has 1 atom stereocenters. The van der Waals surface area contributed by atoms with Crippen molar-refractivity contribution < 1.29 is 4.79 Å². The van der Waals surface area contributed by atoms with Crippen LogP contribution in [0.1, 0.15) is 26.1 Å². The minimum Gasteiger partial charge on any atom is -0.340 e. The molecule has 1 heterocycles. The summed E-state index contributed by atoms with van der Waals surface area (Å²) < 4.78 is 0. The molecule has 1 N–H and O–H groups in total. The molecule has 1 aliphatic carbocycles. The Hall–Kier alpha value is -1.84. The van der Waals surface area contributed by atoms with Gasteiger partial charge in [0.05, 0.1) is 17.6 Å². The van der Waals surface area contributed by atoms with Crippen molar-refractivity contribution in [1.29, 1.82) is 0 Å². The number of hydrogen-bond donors (Lipinski definition) is 1. The lowest BCUT2D eigenvalue weighted by atomic mass is 10.1. The highest BCUT2D eigenvalue weighted by molar-refractivity contribution is 5.82. The van der Waals surface area contributed by atoms with Crippen molar-refractivity contribution in [2.45, 2.75) is 26.8 Å². The van der Waals surface area contributed by atoms with Crippen LogP contribution in [0.5, 0.6) is 0 Å². The summed E-state index contributed by atoms with van der Waals surface area (Å²) in [6.45, 7) is 4.83. The number of imidazole rings is 1. The Morgan fingerprint density at radius 2 is 2.16 bits per heavy atom. The number of carbonyl (C=O) groups is 1. The van der Waals surface area contributed by atoms with Crippen molar-refractivity contribution in [3.05, 3.63) is 30.1 Å². The molecule has 1 saturated carbocycles. The van der Waals surface area contributed by atoms with Crippen LogP contribution in [0.4, 0.5) is 0 Å². The second kappa shape index (κ2) is 4.08.